The van der Waals surface area contributed by atoms with Crippen LogP contribution in [-0.4, -0.2) is 47.0 Å². The second-order valence-corrected chi connectivity index (χ2v) is 6.93. The van der Waals surface area contributed by atoms with Crippen molar-refractivity contribution >= 4 is 34.6 Å². The molecule has 1 amide bonds. The van der Waals surface area contributed by atoms with E-state index < -0.39 is 0 Å². The van der Waals surface area contributed by atoms with Gasteiger partial charge in [0.15, 0.2) is 5.58 Å². The standard InChI is InChI=1S/C19H19ClN4O2/c1-13-9-14(12-21-11-13)18(25)23-5-2-6-24(8-7-23)19-22-16-10-15(20)3-4-17(16)26-19/h3-4,9-12H,2,5-8H2,1H3. The Morgan fingerprint density at radius 3 is 2.88 bits per heavy atom. The van der Waals surface area contributed by atoms with Gasteiger partial charge >= 0.3 is 0 Å². The van der Waals surface area contributed by atoms with Crippen LogP contribution in [0.5, 0.6) is 0 Å². The Morgan fingerprint density at radius 2 is 2.04 bits per heavy atom. The number of anilines is 1. The first-order chi connectivity index (χ1) is 12.6. The zero-order valence-electron chi connectivity index (χ0n) is 14.5. The van der Waals surface area contributed by atoms with Crippen LogP contribution in [0.25, 0.3) is 11.1 Å². The molecule has 3 aromatic rings. The summed E-state index contributed by atoms with van der Waals surface area (Å²) in [7, 11) is 0. The molecule has 0 atom stereocenters. The van der Waals surface area contributed by atoms with E-state index in [1.807, 2.05) is 24.0 Å². The highest BCUT2D eigenvalue weighted by molar-refractivity contribution is 6.31. The quantitative estimate of drug-likeness (QED) is 0.690. The third kappa shape index (κ3) is 3.37. The Bertz CT molecular complexity index is 956. The first-order valence-corrected chi connectivity index (χ1v) is 9.00. The van der Waals surface area contributed by atoms with Crippen LogP contribution in [-0.2, 0) is 0 Å². The number of carbonyl (C=O) groups is 1. The number of hydrogen-bond acceptors (Lipinski definition) is 5. The Morgan fingerprint density at radius 1 is 1.15 bits per heavy atom. The lowest BCUT2D eigenvalue weighted by Crippen LogP contribution is -2.35. The molecule has 6 nitrogen and oxygen atoms in total. The molecule has 3 heterocycles. The van der Waals surface area contributed by atoms with Gasteiger partial charge in [0.05, 0.1) is 5.56 Å². The van der Waals surface area contributed by atoms with E-state index in [4.69, 9.17) is 16.0 Å². The maximum absolute atomic E-state index is 12.7. The third-order valence-corrected chi connectivity index (χ3v) is 4.75. The molecular weight excluding hydrogens is 352 g/mol. The van der Waals surface area contributed by atoms with E-state index in [-0.39, 0.29) is 5.91 Å². The lowest BCUT2D eigenvalue weighted by atomic mass is 10.2. The van der Waals surface area contributed by atoms with E-state index >= 15 is 0 Å². The van der Waals surface area contributed by atoms with Gasteiger partial charge in [0.2, 0.25) is 0 Å². The number of hydrogen-bond donors (Lipinski definition) is 0. The molecular formula is C19H19ClN4O2. The minimum absolute atomic E-state index is 0.0207. The predicted octanol–water partition coefficient (Wildman–Crippen LogP) is 3.54. The molecule has 2 aromatic heterocycles. The highest BCUT2D eigenvalue weighted by Gasteiger charge is 2.23. The molecule has 1 aliphatic rings. The number of halogens is 1. The van der Waals surface area contributed by atoms with Gasteiger partial charge in [-0.05, 0) is 43.2 Å². The zero-order valence-corrected chi connectivity index (χ0v) is 15.2. The molecule has 1 aromatic carbocycles. The Balaban J connectivity index is 1.49. The van der Waals surface area contributed by atoms with Crippen LogP contribution < -0.4 is 4.90 Å². The summed E-state index contributed by atoms with van der Waals surface area (Å²) in [6.45, 7) is 4.72. The summed E-state index contributed by atoms with van der Waals surface area (Å²) >= 11 is 6.02. The van der Waals surface area contributed by atoms with Crippen molar-refractivity contribution in [3.05, 3.63) is 52.8 Å². The number of fused-ring (bicyclic) bond motifs is 1. The number of nitrogens with zero attached hydrogens (tertiary/aromatic N) is 4. The number of benzene rings is 1. The molecule has 0 bridgehead atoms. The fraction of sp³-hybridized carbons (Fsp3) is 0.316. The van der Waals surface area contributed by atoms with Crippen molar-refractivity contribution in [1.82, 2.24) is 14.9 Å². The van der Waals surface area contributed by atoms with E-state index in [0.717, 1.165) is 24.0 Å². The first-order valence-electron chi connectivity index (χ1n) is 8.62. The highest BCUT2D eigenvalue weighted by atomic mass is 35.5. The van der Waals surface area contributed by atoms with Gasteiger partial charge < -0.3 is 14.2 Å². The van der Waals surface area contributed by atoms with Crippen LogP contribution in [0.3, 0.4) is 0 Å². The molecule has 0 unspecified atom stereocenters. The van der Waals surface area contributed by atoms with Crippen LogP contribution in [0.2, 0.25) is 5.02 Å². The molecule has 4 rings (SSSR count). The summed E-state index contributed by atoms with van der Waals surface area (Å²) in [4.78, 5) is 25.4. The second kappa shape index (κ2) is 6.96. The van der Waals surface area contributed by atoms with Crippen LogP contribution in [0.15, 0.2) is 41.1 Å². The monoisotopic (exact) mass is 370 g/mol. The molecule has 1 saturated heterocycles. The van der Waals surface area contributed by atoms with Crippen molar-refractivity contribution in [3.8, 4) is 0 Å². The van der Waals surface area contributed by atoms with Crippen molar-refractivity contribution in [2.45, 2.75) is 13.3 Å². The summed E-state index contributed by atoms with van der Waals surface area (Å²) in [5.74, 6) is 0.0207. The second-order valence-electron chi connectivity index (χ2n) is 6.49. The first kappa shape index (κ1) is 16.8. The van der Waals surface area contributed by atoms with Crippen LogP contribution >= 0.6 is 11.6 Å². The van der Waals surface area contributed by atoms with Gasteiger partial charge in [0.1, 0.15) is 5.52 Å². The predicted molar refractivity (Wildman–Crippen MR) is 101 cm³/mol. The smallest absolute Gasteiger partial charge is 0.298 e. The lowest BCUT2D eigenvalue weighted by Gasteiger charge is -2.21. The maximum Gasteiger partial charge on any atom is 0.298 e. The Labute approximate surface area is 156 Å². The van der Waals surface area contributed by atoms with E-state index in [1.54, 1.807) is 24.5 Å². The van der Waals surface area contributed by atoms with E-state index in [1.165, 1.54) is 0 Å². The molecule has 1 aliphatic heterocycles. The molecule has 0 radical (unpaired) electrons. The van der Waals surface area contributed by atoms with Crippen molar-refractivity contribution in [1.29, 1.82) is 0 Å². The number of rotatable bonds is 2. The summed E-state index contributed by atoms with van der Waals surface area (Å²) in [6.07, 6.45) is 4.23. The maximum atomic E-state index is 12.7. The fourth-order valence-corrected chi connectivity index (χ4v) is 3.36. The molecule has 0 aliphatic carbocycles. The van der Waals surface area contributed by atoms with E-state index in [9.17, 15) is 4.79 Å². The van der Waals surface area contributed by atoms with Gasteiger partial charge in [0, 0.05) is 43.6 Å². The molecule has 0 spiro atoms. The molecule has 0 N–H and O–H groups in total. The fourth-order valence-electron chi connectivity index (χ4n) is 3.19. The van der Waals surface area contributed by atoms with Gasteiger partial charge in [-0.25, -0.2) is 0 Å². The Hall–Kier alpha value is -2.60. The minimum atomic E-state index is 0.0207. The number of carbonyl (C=O) groups excluding carboxylic acids is 1. The summed E-state index contributed by atoms with van der Waals surface area (Å²) in [5, 5.41) is 0.636. The van der Waals surface area contributed by atoms with Crippen LogP contribution in [0, 0.1) is 6.92 Å². The Kier molecular flexibility index (Phi) is 4.51. The normalized spacial score (nSPS) is 15.3. The van der Waals surface area contributed by atoms with Gasteiger partial charge in [-0.15, -0.1) is 0 Å². The summed E-state index contributed by atoms with van der Waals surface area (Å²) in [5.41, 5.74) is 3.08. The number of oxazole rings is 1. The number of aryl methyl sites for hydroxylation is 1. The molecule has 134 valence electrons. The van der Waals surface area contributed by atoms with E-state index in [0.29, 0.717) is 41.8 Å². The number of amides is 1. The zero-order chi connectivity index (χ0) is 18.1. The largest absolute Gasteiger partial charge is 0.423 e. The number of aromatic nitrogens is 2. The van der Waals surface area contributed by atoms with Crippen molar-refractivity contribution in [2.24, 2.45) is 0 Å². The lowest BCUT2D eigenvalue weighted by molar-refractivity contribution is 0.0766. The number of pyridine rings is 1. The molecule has 0 saturated carbocycles. The van der Waals surface area contributed by atoms with Crippen molar-refractivity contribution in [3.63, 3.8) is 0 Å². The highest BCUT2D eigenvalue weighted by Crippen LogP contribution is 2.25. The van der Waals surface area contributed by atoms with Crippen molar-refractivity contribution in [2.75, 3.05) is 31.1 Å². The molecule has 1 fully saturated rings. The van der Waals surface area contributed by atoms with E-state index in [2.05, 4.69) is 14.9 Å². The van der Waals surface area contributed by atoms with Gasteiger partial charge in [-0.2, -0.15) is 4.98 Å². The average Bonchev–Trinajstić information content (AvgIpc) is 2.89. The molecule has 7 heteroatoms. The van der Waals surface area contributed by atoms with Gasteiger partial charge in [-0.3, -0.25) is 9.78 Å². The van der Waals surface area contributed by atoms with Crippen LogP contribution in [0.4, 0.5) is 6.01 Å². The van der Waals surface area contributed by atoms with Gasteiger partial charge in [-0.1, -0.05) is 11.6 Å². The van der Waals surface area contributed by atoms with Crippen LogP contribution in [0.1, 0.15) is 22.3 Å². The molecule has 26 heavy (non-hydrogen) atoms. The average molecular weight is 371 g/mol. The summed E-state index contributed by atoms with van der Waals surface area (Å²) < 4.78 is 5.86. The summed E-state index contributed by atoms with van der Waals surface area (Å²) in [6, 6.07) is 7.86. The SMILES string of the molecule is Cc1cncc(C(=O)N2CCCN(c3nc4cc(Cl)ccc4o3)CC2)c1. The third-order valence-electron chi connectivity index (χ3n) is 4.51. The van der Waals surface area contributed by atoms with Gasteiger partial charge in [0.25, 0.3) is 11.9 Å². The van der Waals surface area contributed by atoms with Crippen molar-refractivity contribution < 1.29 is 9.21 Å². The topological polar surface area (TPSA) is 62.5 Å². The minimum Gasteiger partial charge on any atom is -0.423 e.